The summed E-state index contributed by atoms with van der Waals surface area (Å²) >= 11 is 5.97. The fourth-order valence-corrected chi connectivity index (χ4v) is 1.78. The fourth-order valence-electron chi connectivity index (χ4n) is 1.56. The number of ketones is 1. The van der Waals surface area contributed by atoms with Crippen molar-refractivity contribution in [2.75, 3.05) is 0 Å². The van der Waals surface area contributed by atoms with Gasteiger partial charge in [-0.1, -0.05) is 54.1 Å². The monoisotopic (exact) mass is 258 g/mol. The van der Waals surface area contributed by atoms with Crippen molar-refractivity contribution in [1.82, 2.24) is 0 Å². The van der Waals surface area contributed by atoms with E-state index in [9.17, 15) is 9.90 Å². The van der Waals surface area contributed by atoms with Gasteiger partial charge in [0.25, 0.3) is 0 Å². The Hall–Kier alpha value is -2.06. The molecule has 0 fully saturated rings. The van der Waals surface area contributed by atoms with Gasteiger partial charge in [0.15, 0.2) is 0 Å². The zero-order valence-electron chi connectivity index (χ0n) is 9.51. The third kappa shape index (κ3) is 2.79. The third-order valence-electron chi connectivity index (χ3n) is 2.46. The Morgan fingerprint density at radius 2 is 1.61 bits per heavy atom. The topological polar surface area (TPSA) is 37.3 Å². The molecule has 0 saturated carbocycles. The lowest BCUT2D eigenvalue weighted by Crippen LogP contribution is -1.99. The molecule has 0 aliphatic carbocycles. The largest absolute Gasteiger partial charge is 0.507 e. The molecular weight excluding hydrogens is 248 g/mol. The predicted octanol–water partition coefficient (Wildman–Crippen LogP) is 3.85. The van der Waals surface area contributed by atoms with Gasteiger partial charge in [-0.15, -0.1) is 0 Å². The van der Waals surface area contributed by atoms with Crippen molar-refractivity contribution in [3.63, 3.8) is 0 Å². The highest BCUT2D eigenvalue weighted by molar-refractivity contribution is 6.47. The van der Waals surface area contributed by atoms with Crippen LogP contribution in [-0.2, 0) is 0 Å². The van der Waals surface area contributed by atoms with Crippen molar-refractivity contribution >= 4 is 23.5 Å². The van der Waals surface area contributed by atoms with Crippen LogP contribution in [0.3, 0.4) is 0 Å². The summed E-state index contributed by atoms with van der Waals surface area (Å²) in [5.41, 5.74) is 1.04. The average Bonchev–Trinajstić information content (AvgIpc) is 2.39. The van der Waals surface area contributed by atoms with Crippen LogP contribution in [0.5, 0.6) is 5.75 Å². The minimum Gasteiger partial charge on any atom is -0.507 e. The Morgan fingerprint density at radius 3 is 2.28 bits per heavy atom. The molecule has 3 heteroatoms. The van der Waals surface area contributed by atoms with Gasteiger partial charge in [-0.2, -0.15) is 0 Å². The van der Waals surface area contributed by atoms with E-state index in [-0.39, 0.29) is 16.3 Å². The number of allylic oxidation sites excluding steroid dienone is 1. The first-order chi connectivity index (χ1) is 8.68. The summed E-state index contributed by atoms with van der Waals surface area (Å²) in [5.74, 6) is -0.458. The van der Waals surface area contributed by atoms with Gasteiger partial charge in [0, 0.05) is 0 Å². The van der Waals surface area contributed by atoms with Gasteiger partial charge < -0.3 is 5.11 Å². The number of para-hydroxylation sites is 1. The highest BCUT2D eigenvalue weighted by Gasteiger charge is 2.13. The smallest absolute Gasteiger partial charge is 0.208 e. The summed E-state index contributed by atoms with van der Waals surface area (Å²) in [6.45, 7) is 0. The summed E-state index contributed by atoms with van der Waals surface area (Å²) in [7, 11) is 0. The van der Waals surface area contributed by atoms with Crippen molar-refractivity contribution < 1.29 is 9.90 Å². The van der Waals surface area contributed by atoms with Crippen molar-refractivity contribution in [2.45, 2.75) is 0 Å². The van der Waals surface area contributed by atoms with E-state index in [1.807, 2.05) is 30.3 Å². The summed E-state index contributed by atoms with van der Waals surface area (Å²) < 4.78 is 0. The predicted molar refractivity (Wildman–Crippen MR) is 72.7 cm³/mol. The molecule has 0 atom stereocenters. The number of hydrogen-bond donors (Lipinski definition) is 1. The van der Waals surface area contributed by atoms with E-state index >= 15 is 0 Å². The molecule has 0 amide bonds. The zero-order chi connectivity index (χ0) is 13.0. The van der Waals surface area contributed by atoms with E-state index in [1.54, 1.807) is 24.3 Å². The van der Waals surface area contributed by atoms with Crippen molar-refractivity contribution in [3.8, 4) is 5.75 Å². The maximum atomic E-state index is 12.0. The van der Waals surface area contributed by atoms with E-state index in [2.05, 4.69) is 0 Å². The number of aromatic hydroxyl groups is 1. The minimum absolute atomic E-state index is 0.0675. The number of Topliss-reactive ketones (excluding diaryl/α,β-unsaturated/α-hetero) is 1. The molecule has 2 aromatic rings. The lowest BCUT2D eigenvalue weighted by Gasteiger charge is -2.02. The van der Waals surface area contributed by atoms with Crippen LogP contribution in [0.25, 0.3) is 6.08 Å². The van der Waals surface area contributed by atoms with Gasteiger partial charge in [-0.25, -0.2) is 0 Å². The molecule has 2 nitrogen and oxygen atoms in total. The number of carbonyl (C=O) groups excluding carboxylic acids is 1. The highest BCUT2D eigenvalue weighted by Crippen LogP contribution is 2.22. The molecular formula is C15H11ClO2. The van der Waals surface area contributed by atoms with E-state index in [4.69, 9.17) is 11.6 Å². The van der Waals surface area contributed by atoms with Gasteiger partial charge in [-0.05, 0) is 23.8 Å². The Labute approximate surface area is 110 Å². The molecule has 0 heterocycles. The first kappa shape index (κ1) is 12.4. The van der Waals surface area contributed by atoms with Crippen LogP contribution in [0.4, 0.5) is 0 Å². The lowest BCUT2D eigenvalue weighted by molar-refractivity contribution is 0.104. The molecule has 2 rings (SSSR count). The van der Waals surface area contributed by atoms with Gasteiger partial charge >= 0.3 is 0 Å². The minimum atomic E-state index is -0.390. The Balaban J connectivity index is 2.30. The third-order valence-corrected chi connectivity index (χ3v) is 2.74. The number of rotatable bonds is 3. The van der Waals surface area contributed by atoms with Gasteiger partial charge in [-0.3, -0.25) is 4.79 Å². The van der Waals surface area contributed by atoms with Crippen molar-refractivity contribution in [3.05, 3.63) is 70.8 Å². The Morgan fingerprint density at radius 1 is 1.00 bits per heavy atom. The number of carbonyl (C=O) groups is 1. The van der Waals surface area contributed by atoms with Crippen LogP contribution >= 0.6 is 11.6 Å². The van der Waals surface area contributed by atoms with Gasteiger partial charge in [0.1, 0.15) is 5.75 Å². The van der Waals surface area contributed by atoms with Crippen LogP contribution in [0.1, 0.15) is 15.9 Å². The van der Waals surface area contributed by atoms with Crippen LogP contribution in [0, 0.1) is 0 Å². The molecule has 0 aliphatic heterocycles. The highest BCUT2D eigenvalue weighted by atomic mass is 35.5. The number of hydrogen-bond acceptors (Lipinski definition) is 2. The first-order valence-corrected chi connectivity index (χ1v) is 5.81. The molecule has 18 heavy (non-hydrogen) atoms. The van der Waals surface area contributed by atoms with Crippen LogP contribution in [-0.4, -0.2) is 10.9 Å². The maximum Gasteiger partial charge on any atom is 0.208 e. The molecule has 2 aromatic carbocycles. The van der Waals surface area contributed by atoms with E-state index < -0.39 is 5.78 Å². The summed E-state index contributed by atoms with van der Waals surface area (Å²) in [6, 6.07) is 15.6. The van der Waals surface area contributed by atoms with Crippen LogP contribution in [0.2, 0.25) is 0 Å². The summed E-state index contributed by atoms with van der Waals surface area (Å²) in [5, 5.41) is 9.66. The van der Waals surface area contributed by atoms with E-state index in [0.717, 1.165) is 5.56 Å². The second-order valence-corrected chi connectivity index (χ2v) is 4.16. The maximum absolute atomic E-state index is 12.0. The van der Waals surface area contributed by atoms with Gasteiger partial charge in [0.2, 0.25) is 5.78 Å². The van der Waals surface area contributed by atoms with Crippen molar-refractivity contribution in [1.29, 1.82) is 0 Å². The molecule has 1 N–H and O–H groups in total. The summed E-state index contributed by atoms with van der Waals surface area (Å²) in [4.78, 5) is 12.0. The first-order valence-electron chi connectivity index (χ1n) is 5.43. The molecule has 0 spiro atoms. The molecule has 0 unspecified atom stereocenters. The SMILES string of the molecule is O=C(/C(Cl)=C/c1ccccc1)c1ccccc1O. The fraction of sp³-hybridized carbons (Fsp3) is 0. The van der Waals surface area contributed by atoms with E-state index in [0.29, 0.717) is 0 Å². The molecule has 0 saturated heterocycles. The normalized spacial score (nSPS) is 11.3. The Kier molecular flexibility index (Phi) is 3.80. The van der Waals surface area contributed by atoms with E-state index in [1.165, 1.54) is 6.07 Å². The number of halogens is 1. The molecule has 0 aromatic heterocycles. The Bertz CT molecular complexity index is 588. The molecule has 0 bridgehead atoms. The molecule has 0 aliphatic rings. The number of phenols is 1. The molecule has 0 radical (unpaired) electrons. The quantitative estimate of drug-likeness (QED) is 0.671. The zero-order valence-corrected chi connectivity index (χ0v) is 10.3. The van der Waals surface area contributed by atoms with Crippen molar-refractivity contribution in [2.24, 2.45) is 0 Å². The number of benzene rings is 2. The lowest BCUT2D eigenvalue weighted by atomic mass is 10.1. The van der Waals surface area contributed by atoms with Gasteiger partial charge in [0.05, 0.1) is 10.6 Å². The summed E-state index contributed by atoms with van der Waals surface area (Å²) in [6.07, 6.45) is 1.58. The second-order valence-electron chi connectivity index (χ2n) is 3.75. The van der Waals surface area contributed by atoms with Crippen LogP contribution in [0.15, 0.2) is 59.6 Å². The standard InChI is InChI=1S/C15H11ClO2/c16-13(10-11-6-2-1-3-7-11)15(18)12-8-4-5-9-14(12)17/h1-10,17H/b13-10-. The molecule has 90 valence electrons. The average molecular weight is 259 g/mol. The number of phenolic OH excluding ortho intramolecular Hbond substituents is 1. The second kappa shape index (κ2) is 5.52. The van der Waals surface area contributed by atoms with Crippen LogP contribution < -0.4 is 0 Å².